The van der Waals surface area contributed by atoms with Crippen LogP contribution in [0.1, 0.15) is 34.6 Å². The maximum Gasteiger partial charge on any atom is 0.00411 e. The third-order valence-electron chi connectivity index (χ3n) is 1.69. The topological polar surface area (TPSA) is 3.24 Å². The third-order valence-corrected chi connectivity index (χ3v) is 1.69. The predicted octanol–water partition coefficient (Wildman–Crippen LogP) is 1.74. The Morgan fingerprint density at radius 2 is 1.30 bits per heavy atom. The van der Waals surface area contributed by atoms with Gasteiger partial charge in [-0.05, 0) is 34.2 Å². The summed E-state index contributed by atoms with van der Waals surface area (Å²) in [4.78, 5) is 2.46. The van der Waals surface area contributed by atoms with Crippen molar-refractivity contribution >= 4 is 23.9 Å². The molecule has 0 atom stereocenters. The molecule has 0 aromatic carbocycles. The Hall–Kier alpha value is 0.759. The third kappa shape index (κ3) is 4.56. The van der Waals surface area contributed by atoms with Crippen LogP contribution in [0.5, 0.6) is 0 Å². The molecule has 0 aliphatic carbocycles. The van der Waals surface area contributed by atoms with Crippen LogP contribution in [0.25, 0.3) is 0 Å². The molecule has 2 heteroatoms. The van der Waals surface area contributed by atoms with Gasteiger partial charge in [-0.2, -0.15) is 0 Å². The van der Waals surface area contributed by atoms with Crippen molar-refractivity contribution in [3.8, 4) is 0 Å². The molecule has 0 spiro atoms. The van der Waals surface area contributed by atoms with Crippen LogP contribution in [-0.2, 0) is 0 Å². The molecule has 0 N–H and O–H groups in total. The zero-order chi connectivity index (χ0) is 7.44. The van der Waals surface area contributed by atoms with Crippen molar-refractivity contribution in [3.63, 3.8) is 0 Å². The van der Waals surface area contributed by atoms with Gasteiger partial charge in [0.15, 0.2) is 0 Å². The summed E-state index contributed by atoms with van der Waals surface area (Å²) < 4.78 is 0. The second kappa shape index (κ2) is 6.47. The SMILES string of the molecule is CCN(C(C)C)C(C)C.[Sn]. The van der Waals surface area contributed by atoms with E-state index in [0.717, 1.165) is 6.54 Å². The van der Waals surface area contributed by atoms with Gasteiger partial charge >= 0.3 is 0 Å². The molecule has 1 nitrogen and oxygen atoms in total. The molecule has 0 aromatic heterocycles. The molecular weight excluding hydrogens is 229 g/mol. The van der Waals surface area contributed by atoms with Gasteiger partial charge in [0.25, 0.3) is 0 Å². The van der Waals surface area contributed by atoms with Gasteiger partial charge in [-0.1, -0.05) is 6.92 Å². The van der Waals surface area contributed by atoms with Crippen molar-refractivity contribution in [3.05, 3.63) is 0 Å². The second-order valence-corrected chi connectivity index (χ2v) is 3.02. The van der Waals surface area contributed by atoms with E-state index in [2.05, 4.69) is 39.5 Å². The first-order valence-corrected chi connectivity index (χ1v) is 3.85. The van der Waals surface area contributed by atoms with E-state index in [1.165, 1.54) is 0 Å². The van der Waals surface area contributed by atoms with Gasteiger partial charge < -0.3 is 0 Å². The van der Waals surface area contributed by atoms with E-state index in [1.807, 2.05) is 0 Å². The second-order valence-electron chi connectivity index (χ2n) is 3.02. The van der Waals surface area contributed by atoms with Crippen molar-refractivity contribution in [2.75, 3.05) is 6.54 Å². The molecule has 0 heterocycles. The van der Waals surface area contributed by atoms with Crippen molar-refractivity contribution in [2.24, 2.45) is 0 Å². The Balaban J connectivity index is 0. The summed E-state index contributed by atoms with van der Waals surface area (Å²) in [7, 11) is 0. The average molecular weight is 248 g/mol. The molecule has 0 aromatic rings. The molecule has 10 heavy (non-hydrogen) atoms. The molecule has 0 fully saturated rings. The Bertz CT molecular complexity index is 63.7. The molecule has 0 saturated heterocycles. The smallest absolute Gasteiger partial charge is 0.00411 e. The fourth-order valence-corrected chi connectivity index (χ4v) is 1.33. The summed E-state index contributed by atoms with van der Waals surface area (Å²) in [5, 5.41) is 0. The summed E-state index contributed by atoms with van der Waals surface area (Å²) in [6.45, 7) is 12.3. The average Bonchev–Trinajstić information content (AvgIpc) is 1.64. The number of hydrogen-bond acceptors (Lipinski definition) is 1. The van der Waals surface area contributed by atoms with Crippen molar-refractivity contribution in [1.29, 1.82) is 0 Å². The van der Waals surface area contributed by atoms with E-state index in [4.69, 9.17) is 0 Å². The minimum Gasteiger partial charge on any atom is -0.299 e. The minimum atomic E-state index is 0. The van der Waals surface area contributed by atoms with Gasteiger partial charge in [0, 0.05) is 36.0 Å². The van der Waals surface area contributed by atoms with Gasteiger partial charge in [0.2, 0.25) is 0 Å². The first-order valence-electron chi connectivity index (χ1n) is 3.85. The van der Waals surface area contributed by atoms with E-state index in [1.54, 1.807) is 0 Å². The summed E-state index contributed by atoms with van der Waals surface area (Å²) >= 11 is 0. The maximum absolute atomic E-state index is 2.46. The van der Waals surface area contributed by atoms with Gasteiger partial charge in [-0.3, -0.25) is 4.90 Å². The molecule has 4 radical (unpaired) electrons. The quantitative estimate of drug-likeness (QED) is 0.687. The van der Waals surface area contributed by atoms with Crippen molar-refractivity contribution in [1.82, 2.24) is 4.90 Å². The van der Waals surface area contributed by atoms with Gasteiger partial charge in [0.1, 0.15) is 0 Å². The van der Waals surface area contributed by atoms with Gasteiger partial charge in [-0.15, -0.1) is 0 Å². The van der Waals surface area contributed by atoms with Crippen LogP contribution >= 0.6 is 0 Å². The van der Waals surface area contributed by atoms with Crippen molar-refractivity contribution in [2.45, 2.75) is 46.7 Å². The molecule has 0 unspecified atom stereocenters. The van der Waals surface area contributed by atoms with Crippen LogP contribution in [-0.4, -0.2) is 47.4 Å². The van der Waals surface area contributed by atoms with Crippen LogP contribution < -0.4 is 0 Å². The zero-order valence-electron chi connectivity index (χ0n) is 7.81. The standard InChI is InChI=1S/C8H19N.Sn/c1-6-9(7(2)3)8(4)5;/h7-8H,6H2,1-5H3;. The van der Waals surface area contributed by atoms with Gasteiger partial charge in [0.05, 0.1) is 0 Å². The summed E-state index contributed by atoms with van der Waals surface area (Å²) in [6, 6.07) is 1.38. The number of rotatable bonds is 3. The van der Waals surface area contributed by atoms with Crippen LogP contribution in [0.15, 0.2) is 0 Å². The monoisotopic (exact) mass is 249 g/mol. The van der Waals surface area contributed by atoms with Crippen LogP contribution in [0.2, 0.25) is 0 Å². The fraction of sp³-hybridized carbons (Fsp3) is 1.00. The van der Waals surface area contributed by atoms with E-state index in [0.29, 0.717) is 12.1 Å². The normalized spacial score (nSPS) is 10.8. The summed E-state index contributed by atoms with van der Waals surface area (Å²) in [6.07, 6.45) is 0. The first-order chi connectivity index (χ1) is 4.09. The van der Waals surface area contributed by atoms with Gasteiger partial charge in [-0.25, -0.2) is 0 Å². The molecule has 60 valence electrons. The summed E-state index contributed by atoms with van der Waals surface area (Å²) in [5.41, 5.74) is 0. The Labute approximate surface area is 82.1 Å². The van der Waals surface area contributed by atoms with Crippen LogP contribution in [0, 0.1) is 0 Å². The molecule has 0 bridgehead atoms. The Morgan fingerprint density at radius 1 is 1.00 bits per heavy atom. The van der Waals surface area contributed by atoms with E-state index in [-0.39, 0.29) is 23.9 Å². The molecule has 0 rings (SSSR count). The number of nitrogens with zero attached hydrogens (tertiary/aromatic N) is 1. The van der Waals surface area contributed by atoms with E-state index < -0.39 is 0 Å². The predicted molar refractivity (Wildman–Crippen MR) is 48.4 cm³/mol. The van der Waals surface area contributed by atoms with E-state index in [9.17, 15) is 0 Å². The van der Waals surface area contributed by atoms with Crippen molar-refractivity contribution < 1.29 is 0 Å². The Morgan fingerprint density at radius 3 is 1.30 bits per heavy atom. The molecule has 0 aliphatic rings. The number of hydrogen-bond donors (Lipinski definition) is 0. The molecule has 0 aliphatic heterocycles. The molecule has 0 amide bonds. The van der Waals surface area contributed by atoms with E-state index >= 15 is 0 Å². The summed E-state index contributed by atoms with van der Waals surface area (Å²) in [5.74, 6) is 0. The minimum absolute atomic E-state index is 0. The largest absolute Gasteiger partial charge is 0.299 e. The van der Waals surface area contributed by atoms with Crippen LogP contribution in [0.3, 0.4) is 0 Å². The van der Waals surface area contributed by atoms with Crippen LogP contribution in [0.4, 0.5) is 0 Å². The molecule has 0 saturated carbocycles. The first kappa shape index (κ1) is 13.4. The maximum atomic E-state index is 2.46. The fourth-order valence-electron chi connectivity index (χ4n) is 1.33. The molecular formula is C8H19NSn. The Kier molecular flexibility index (Phi) is 8.64. The zero-order valence-corrected chi connectivity index (χ0v) is 10.7.